The maximum absolute atomic E-state index is 12.2. The molecule has 1 aromatic carbocycles. The largest absolute Gasteiger partial charge is 0.457 e. The number of benzene rings is 1. The molecule has 0 saturated carbocycles. The van der Waals surface area contributed by atoms with Crippen molar-refractivity contribution in [3.05, 3.63) is 55.9 Å². The Balaban J connectivity index is 1.36. The van der Waals surface area contributed by atoms with Gasteiger partial charge in [0.1, 0.15) is 17.3 Å². The number of hydrogen-bond acceptors (Lipinski definition) is 6. The Morgan fingerprint density at radius 1 is 1.30 bits per heavy atom. The van der Waals surface area contributed by atoms with Crippen LogP contribution in [0.15, 0.2) is 27.9 Å². The lowest BCUT2D eigenvalue weighted by Gasteiger charge is -2.06. The second-order valence-electron chi connectivity index (χ2n) is 6.71. The van der Waals surface area contributed by atoms with Gasteiger partial charge >= 0.3 is 5.97 Å². The van der Waals surface area contributed by atoms with Crippen molar-refractivity contribution in [2.75, 3.05) is 5.75 Å². The summed E-state index contributed by atoms with van der Waals surface area (Å²) in [5.41, 5.74) is 3.59. The Morgan fingerprint density at radius 2 is 2.11 bits per heavy atom. The van der Waals surface area contributed by atoms with Gasteiger partial charge in [0.2, 0.25) is 0 Å². The first-order chi connectivity index (χ1) is 13.0. The van der Waals surface area contributed by atoms with Crippen LogP contribution in [0.2, 0.25) is 0 Å². The van der Waals surface area contributed by atoms with Crippen LogP contribution in [0.1, 0.15) is 33.8 Å². The second-order valence-corrected chi connectivity index (χ2v) is 8.96. The number of nitrogens with zero attached hydrogens (tertiary/aromatic N) is 1. The van der Waals surface area contributed by atoms with Gasteiger partial charge in [0, 0.05) is 9.77 Å². The van der Waals surface area contributed by atoms with Crippen LogP contribution in [-0.2, 0) is 29.0 Å². The molecule has 0 spiro atoms. The molecule has 0 aliphatic heterocycles. The highest BCUT2D eigenvalue weighted by molar-refractivity contribution is 8.00. The molecule has 1 aliphatic carbocycles. The molecule has 2 aromatic heterocycles. The molecule has 1 N–H and O–H groups in total. The molecular formula is C20H20N2O3S2. The Morgan fingerprint density at radius 3 is 2.96 bits per heavy atom. The van der Waals surface area contributed by atoms with Gasteiger partial charge in [0.15, 0.2) is 0 Å². The number of esters is 1. The molecule has 27 heavy (non-hydrogen) atoms. The van der Waals surface area contributed by atoms with E-state index in [0.717, 1.165) is 28.2 Å². The molecule has 0 amide bonds. The van der Waals surface area contributed by atoms with Crippen molar-refractivity contribution in [1.82, 2.24) is 9.97 Å². The van der Waals surface area contributed by atoms with E-state index in [1.54, 1.807) is 0 Å². The second kappa shape index (κ2) is 7.48. The highest BCUT2D eigenvalue weighted by atomic mass is 32.2. The van der Waals surface area contributed by atoms with Gasteiger partial charge in [-0.2, -0.15) is 0 Å². The van der Waals surface area contributed by atoms with E-state index in [2.05, 4.69) is 28.2 Å². The summed E-state index contributed by atoms with van der Waals surface area (Å²) < 4.78 is 5.30. The highest BCUT2D eigenvalue weighted by Gasteiger charge is 2.14. The minimum absolute atomic E-state index is 0.0231. The maximum Gasteiger partial charge on any atom is 0.316 e. The quantitative estimate of drug-likeness (QED) is 0.519. The number of aromatic amines is 1. The third-order valence-electron chi connectivity index (χ3n) is 4.88. The van der Waals surface area contributed by atoms with E-state index in [0.29, 0.717) is 16.0 Å². The molecule has 2 heterocycles. The standard InChI is InChI=1S/C20H20N2O3S2/c1-11-12(2)27-20-18(11)19(24)21-16(22-20)9-25-17(23)10-26-15-7-6-13-4-3-5-14(13)8-15/h6-8H,3-5,9-10H2,1-2H3,(H,21,22,24). The number of ether oxygens (including phenoxy) is 1. The van der Waals surface area contributed by atoms with Gasteiger partial charge < -0.3 is 9.72 Å². The van der Waals surface area contributed by atoms with E-state index in [4.69, 9.17) is 4.74 Å². The fourth-order valence-corrected chi connectivity index (χ4v) is 5.14. The molecular weight excluding hydrogens is 380 g/mol. The number of hydrogen-bond donors (Lipinski definition) is 1. The summed E-state index contributed by atoms with van der Waals surface area (Å²) in [6.45, 7) is 3.86. The first-order valence-corrected chi connectivity index (χ1v) is 10.7. The number of carbonyl (C=O) groups is 1. The smallest absolute Gasteiger partial charge is 0.316 e. The highest BCUT2D eigenvalue weighted by Crippen LogP contribution is 2.28. The third kappa shape index (κ3) is 3.80. The van der Waals surface area contributed by atoms with Gasteiger partial charge in [-0.05, 0) is 61.9 Å². The number of nitrogens with one attached hydrogen (secondary N) is 1. The lowest BCUT2D eigenvalue weighted by Crippen LogP contribution is -2.15. The molecule has 0 unspecified atom stereocenters. The van der Waals surface area contributed by atoms with Crippen molar-refractivity contribution in [3.63, 3.8) is 0 Å². The number of aromatic nitrogens is 2. The first-order valence-electron chi connectivity index (χ1n) is 8.90. The average Bonchev–Trinajstić information content (AvgIpc) is 3.22. The van der Waals surface area contributed by atoms with Crippen molar-refractivity contribution < 1.29 is 9.53 Å². The molecule has 4 rings (SSSR count). The topological polar surface area (TPSA) is 72.0 Å². The lowest BCUT2D eigenvalue weighted by atomic mass is 10.1. The van der Waals surface area contributed by atoms with E-state index in [1.165, 1.54) is 40.6 Å². The predicted octanol–water partition coefficient (Wildman–Crippen LogP) is 3.93. The van der Waals surface area contributed by atoms with Crippen LogP contribution in [0.4, 0.5) is 0 Å². The molecule has 0 fully saturated rings. The van der Waals surface area contributed by atoms with Crippen LogP contribution in [0.25, 0.3) is 10.2 Å². The fourth-order valence-electron chi connectivity index (χ4n) is 3.34. The molecule has 7 heteroatoms. The molecule has 3 aromatic rings. The predicted molar refractivity (Wildman–Crippen MR) is 109 cm³/mol. The zero-order valence-corrected chi connectivity index (χ0v) is 16.9. The lowest BCUT2D eigenvalue weighted by molar-refractivity contribution is -0.141. The van der Waals surface area contributed by atoms with Crippen LogP contribution in [0, 0.1) is 13.8 Å². The van der Waals surface area contributed by atoms with E-state index < -0.39 is 0 Å². The zero-order chi connectivity index (χ0) is 19.0. The molecule has 5 nitrogen and oxygen atoms in total. The van der Waals surface area contributed by atoms with Gasteiger partial charge in [-0.25, -0.2) is 4.98 Å². The summed E-state index contributed by atoms with van der Waals surface area (Å²) in [5, 5.41) is 0.625. The van der Waals surface area contributed by atoms with Crippen molar-refractivity contribution in [1.29, 1.82) is 0 Å². The van der Waals surface area contributed by atoms with Crippen LogP contribution < -0.4 is 5.56 Å². The molecule has 0 saturated heterocycles. The Bertz CT molecular complexity index is 1080. The van der Waals surface area contributed by atoms with Crippen LogP contribution in [0.5, 0.6) is 0 Å². The van der Waals surface area contributed by atoms with Gasteiger partial charge in [-0.1, -0.05) is 6.07 Å². The number of H-pyrrole nitrogens is 1. The molecule has 0 atom stereocenters. The fraction of sp³-hybridized carbons (Fsp3) is 0.350. The van der Waals surface area contributed by atoms with Crippen LogP contribution >= 0.6 is 23.1 Å². The molecule has 0 radical (unpaired) electrons. The van der Waals surface area contributed by atoms with E-state index >= 15 is 0 Å². The van der Waals surface area contributed by atoms with Crippen LogP contribution in [0.3, 0.4) is 0 Å². The summed E-state index contributed by atoms with van der Waals surface area (Å²) in [5.74, 6) is 0.300. The summed E-state index contributed by atoms with van der Waals surface area (Å²) in [6.07, 6.45) is 3.49. The number of thiophene rings is 1. The van der Waals surface area contributed by atoms with Gasteiger partial charge in [0.25, 0.3) is 5.56 Å². The Labute approximate surface area is 165 Å². The van der Waals surface area contributed by atoms with Crippen molar-refractivity contribution >= 4 is 39.3 Å². The van der Waals surface area contributed by atoms with E-state index in [-0.39, 0.29) is 23.9 Å². The van der Waals surface area contributed by atoms with Crippen molar-refractivity contribution in [3.8, 4) is 0 Å². The van der Waals surface area contributed by atoms with Crippen molar-refractivity contribution in [2.24, 2.45) is 0 Å². The van der Waals surface area contributed by atoms with Gasteiger partial charge in [-0.3, -0.25) is 9.59 Å². The molecule has 0 bridgehead atoms. The maximum atomic E-state index is 12.2. The minimum atomic E-state index is -0.318. The number of carbonyl (C=O) groups excluding carboxylic acids is 1. The monoisotopic (exact) mass is 400 g/mol. The summed E-state index contributed by atoms with van der Waals surface area (Å²) >= 11 is 2.96. The van der Waals surface area contributed by atoms with Gasteiger partial charge in [0.05, 0.1) is 11.1 Å². The third-order valence-corrected chi connectivity index (χ3v) is 6.95. The summed E-state index contributed by atoms with van der Waals surface area (Å²) in [7, 11) is 0. The van der Waals surface area contributed by atoms with E-state index in [1.807, 2.05) is 13.8 Å². The number of rotatable bonds is 5. The summed E-state index contributed by atoms with van der Waals surface area (Å²) in [4.78, 5) is 34.3. The molecule has 1 aliphatic rings. The van der Waals surface area contributed by atoms with Crippen molar-refractivity contribution in [2.45, 2.75) is 44.6 Å². The van der Waals surface area contributed by atoms with Crippen LogP contribution in [-0.4, -0.2) is 21.7 Å². The number of thioether (sulfide) groups is 1. The number of fused-ring (bicyclic) bond motifs is 2. The Hall–Kier alpha value is -2.12. The SMILES string of the molecule is Cc1sc2nc(COC(=O)CSc3ccc4c(c3)CCC4)[nH]c(=O)c2c1C. The summed E-state index contributed by atoms with van der Waals surface area (Å²) in [6, 6.07) is 6.40. The minimum Gasteiger partial charge on any atom is -0.457 e. The normalized spacial score (nSPS) is 13.1. The molecule has 140 valence electrons. The average molecular weight is 401 g/mol. The zero-order valence-electron chi connectivity index (χ0n) is 15.3. The first kappa shape index (κ1) is 18.3. The van der Waals surface area contributed by atoms with Gasteiger partial charge in [-0.15, -0.1) is 23.1 Å². The Kier molecular flexibility index (Phi) is 5.06. The number of aryl methyl sites for hydroxylation is 4. The van der Waals surface area contributed by atoms with E-state index in [9.17, 15) is 9.59 Å².